The maximum atomic E-state index is 13.7. The third-order valence-corrected chi connectivity index (χ3v) is 7.40. The Bertz CT molecular complexity index is 1340. The summed E-state index contributed by atoms with van der Waals surface area (Å²) in [6.45, 7) is 17.9. The van der Waals surface area contributed by atoms with Gasteiger partial charge in [-0.05, 0) is 63.8 Å². The standard InChI is InChI=1S/C34H49Cl2N3O7/c1-20(2)11-27(31(42)45-22(4)46-32(43)34(8,9)10)38-28(30(41)44-21(3)12-29(40)33(5,6)7)16-26-17-37-19-39(26)18-23-13-24(35)15-25(36)14-23/h13-15,17,19-22,27-28,38H,11-12,16,18H2,1-10H3. The fourth-order valence-electron chi connectivity index (χ4n) is 4.41. The predicted molar refractivity (Wildman–Crippen MR) is 177 cm³/mol. The molecular weight excluding hydrogens is 633 g/mol. The fraction of sp³-hybridized carbons (Fsp3) is 0.618. The second-order valence-electron chi connectivity index (χ2n) is 14.2. The Morgan fingerprint density at radius 3 is 1.98 bits per heavy atom. The lowest BCUT2D eigenvalue weighted by Crippen LogP contribution is -2.51. The van der Waals surface area contributed by atoms with Crippen molar-refractivity contribution in [2.75, 3.05) is 0 Å². The van der Waals surface area contributed by atoms with Gasteiger partial charge in [-0.3, -0.25) is 24.5 Å². The minimum Gasteiger partial charge on any atom is -0.461 e. The first-order chi connectivity index (χ1) is 21.1. The number of halogens is 2. The summed E-state index contributed by atoms with van der Waals surface area (Å²) in [5.74, 6) is -1.85. The number of nitrogens with zero attached hydrogens (tertiary/aromatic N) is 2. The number of hydrogen-bond donors (Lipinski definition) is 1. The Morgan fingerprint density at radius 2 is 1.43 bits per heavy atom. The van der Waals surface area contributed by atoms with E-state index in [2.05, 4.69) is 10.3 Å². The van der Waals surface area contributed by atoms with Gasteiger partial charge in [0.2, 0.25) is 6.29 Å². The lowest BCUT2D eigenvalue weighted by atomic mass is 9.88. The van der Waals surface area contributed by atoms with E-state index in [-0.39, 0.29) is 24.5 Å². The van der Waals surface area contributed by atoms with Gasteiger partial charge in [0.25, 0.3) is 0 Å². The normalized spacial score (nSPS) is 14.7. The topological polar surface area (TPSA) is 126 Å². The molecule has 0 radical (unpaired) electrons. The number of benzene rings is 1. The molecule has 0 aliphatic heterocycles. The molecule has 46 heavy (non-hydrogen) atoms. The van der Waals surface area contributed by atoms with Crippen LogP contribution in [0.3, 0.4) is 0 Å². The molecule has 2 rings (SSSR count). The lowest BCUT2D eigenvalue weighted by Gasteiger charge is -2.28. The van der Waals surface area contributed by atoms with E-state index in [0.29, 0.717) is 28.7 Å². The van der Waals surface area contributed by atoms with Crippen LogP contribution >= 0.6 is 23.2 Å². The molecule has 0 aliphatic carbocycles. The van der Waals surface area contributed by atoms with Gasteiger partial charge in [0.1, 0.15) is 24.0 Å². The highest BCUT2D eigenvalue weighted by Gasteiger charge is 2.34. The van der Waals surface area contributed by atoms with Crippen LogP contribution in [-0.4, -0.2) is 57.7 Å². The molecule has 0 fully saturated rings. The second-order valence-corrected chi connectivity index (χ2v) is 15.1. The van der Waals surface area contributed by atoms with Crippen LogP contribution < -0.4 is 5.32 Å². The quantitative estimate of drug-likeness (QED) is 0.164. The summed E-state index contributed by atoms with van der Waals surface area (Å²) in [6, 6.07) is 3.26. The van der Waals surface area contributed by atoms with Crippen LogP contribution in [0, 0.1) is 16.7 Å². The number of ether oxygens (including phenoxy) is 3. The summed E-state index contributed by atoms with van der Waals surface area (Å²) in [5, 5.41) is 4.13. The van der Waals surface area contributed by atoms with Crippen molar-refractivity contribution in [3.63, 3.8) is 0 Å². The van der Waals surface area contributed by atoms with E-state index in [4.69, 9.17) is 37.4 Å². The Kier molecular flexibility index (Phi) is 14.3. The average Bonchev–Trinajstić information content (AvgIpc) is 3.31. The van der Waals surface area contributed by atoms with E-state index in [0.717, 1.165) is 5.56 Å². The number of aromatic nitrogens is 2. The van der Waals surface area contributed by atoms with Crippen LogP contribution in [0.1, 0.15) is 93.3 Å². The zero-order chi connectivity index (χ0) is 35.0. The van der Waals surface area contributed by atoms with Crippen molar-refractivity contribution in [1.82, 2.24) is 14.9 Å². The Labute approximate surface area is 282 Å². The van der Waals surface area contributed by atoms with E-state index < -0.39 is 53.2 Å². The molecule has 2 aromatic rings. The molecule has 1 N–H and O–H groups in total. The first kappa shape index (κ1) is 39.2. The molecule has 10 nitrogen and oxygen atoms in total. The number of imidazole rings is 1. The number of ketones is 1. The molecule has 0 saturated heterocycles. The second kappa shape index (κ2) is 16.7. The van der Waals surface area contributed by atoms with E-state index >= 15 is 0 Å². The number of carbonyl (C=O) groups is 4. The molecule has 256 valence electrons. The van der Waals surface area contributed by atoms with E-state index in [1.54, 1.807) is 58.4 Å². The van der Waals surface area contributed by atoms with Crippen molar-refractivity contribution in [3.8, 4) is 0 Å². The monoisotopic (exact) mass is 681 g/mol. The highest BCUT2D eigenvalue weighted by molar-refractivity contribution is 6.34. The van der Waals surface area contributed by atoms with Crippen LogP contribution in [0.5, 0.6) is 0 Å². The Balaban J connectivity index is 2.36. The first-order valence-electron chi connectivity index (χ1n) is 15.5. The number of nitrogens with one attached hydrogen (secondary N) is 1. The SMILES string of the molecule is CC(C)CC(NC(Cc1cncn1Cc1cc(Cl)cc(Cl)c1)C(=O)OC(C)CC(=O)C(C)(C)C)C(=O)OC(C)OC(=O)C(C)(C)C. The van der Waals surface area contributed by atoms with Gasteiger partial charge < -0.3 is 18.8 Å². The van der Waals surface area contributed by atoms with Gasteiger partial charge in [0.05, 0.1) is 11.7 Å². The summed E-state index contributed by atoms with van der Waals surface area (Å²) < 4.78 is 18.4. The molecule has 1 heterocycles. The predicted octanol–water partition coefficient (Wildman–Crippen LogP) is 6.57. The third-order valence-electron chi connectivity index (χ3n) is 6.96. The molecule has 4 unspecified atom stereocenters. The Hall–Kier alpha value is -2.95. The van der Waals surface area contributed by atoms with Crippen molar-refractivity contribution in [2.45, 2.75) is 120 Å². The summed E-state index contributed by atoms with van der Waals surface area (Å²) in [5.41, 5.74) is 0.134. The molecular formula is C34H49Cl2N3O7. The van der Waals surface area contributed by atoms with E-state index in [1.807, 2.05) is 39.2 Å². The third kappa shape index (κ3) is 13.0. The molecule has 0 spiro atoms. The van der Waals surface area contributed by atoms with Crippen molar-refractivity contribution in [3.05, 3.63) is 52.0 Å². The number of hydrogen-bond acceptors (Lipinski definition) is 9. The Morgan fingerprint density at radius 1 is 0.848 bits per heavy atom. The highest BCUT2D eigenvalue weighted by Crippen LogP contribution is 2.22. The van der Waals surface area contributed by atoms with Crippen molar-refractivity contribution in [2.24, 2.45) is 16.7 Å². The molecule has 0 bridgehead atoms. The smallest absolute Gasteiger partial charge is 0.326 e. The minimum absolute atomic E-state index is 0.0376. The van der Waals surface area contributed by atoms with Gasteiger partial charge in [0, 0.05) is 53.7 Å². The van der Waals surface area contributed by atoms with Crippen molar-refractivity contribution in [1.29, 1.82) is 0 Å². The molecule has 0 aliphatic rings. The van der Waals surface area contributed by atoms with Crippen LogP contribution in [-0.2, 0) is 46.4 Å². The zero-order valence-electron chi connectivity index (χ0n) is 28.6. The lowest BCUT2D eigenvalue weighted by molar-refractivity contribution is -0.192. The summed E-state index contributed by atoms with van der Waals surface area (Å²) >= 11 is 12.4. The van der Waals surface area contributed by atoms with Gasteiger partial charge in [-0.15, -0.1) is 0 Å². The van der Waals surface area contributed by atoms with Crippen LogP contribution in [0.2, 0.25) is 10.0 Å². The van der Waals surface area contributed by atoms with Crippen molar-refractivity contribution >= 4 is 46.9 Å². The highest BCUT2D eigenvalue weighted by atomic mass is 35.5. The van der Waals surface area contributed by atoms with Gasteiger partial charge in [-0.2, -0.15) is 0 Å². The van der Waals surface area contributed by atoms with Crippen LogP contribution in [0.15, 0.2) is 30.7 Å². The summed E-state index contributed by atoms with van der Waals surface area (Å²) in [4.78, 5) is 56.4. The molecule has 0 amide bonds. The molecule has 0 saturated carbocycles. The fourth-order valence-corrected chi connectivity index (χ4v) is 4.98. The van der Waals surface area contributed by atoms with E-state index in [1.165, 1.54) is 6.92 Å². The summed E-state index contributed by atoms with van der Waals surface area (Å²) in [6.07, 6.45) is 1.88. The molecule has 4 atom stereocenters. The summed E-state index contributed by atoms with van der Waals surface area (Å²) in [7, 11) is 0. The maximum absolute atomic E-state index is 13.7. The number of rotatable bonds is 15. The zero-order valence-corrected chi connectivity index (χ0v) is 30.1. The van der Waals surface area contributed by atoms with E-state index in [9.17, 15) is 19.2 Å². The average molecular weight is 683 g/mol. The molecule has 1 aromatic heterocycles. The van der Waals surface area contributed by atoms with Crippen LogP contribution in [0.4, 0.5) is 0 Å². The van der Waals surface area contributed by atoms with Gasteiger partial charge in [-0.1, -0.05) is 57.8 Å². The minimum atomic E-state index is -1.14. The van der Waals surface area contributed by atoms with Gasteiger partial charge >= 0.3 is 17.9 Å². The van der Waals surface area contributed by atoms with Crippen LogP contribution in [0.25, 0.3) is 0 Å². The molecule has 12 heteroatoms. The number of Topliss-reactive ketones (excluding diaryl/α,β-unsaturated/α-hetero) is 1. The largest absolute Gasteiger partial charge is 0.461 e. The van der Waals surface area contributed by atoms with Crippen molar-refractivity contribution < 1.29 is 33.4 Å². The number of carbonyl (C=O) groups excluding carboxylic acids is 4. The van der Waals surface area contributed by atoms with Gasteiger partial charge in [0.15, 0.2) is 0 Å². The first-order valence-corrected chi connectivity index (χ1v) is 16.3. The van der Waals surface area contributed by atoms with Gasteiger partial charge in [-0.25, -0.2) is 4.98 Å². The number of esters is 3. The molecule has 1 aromatic carbocycles. The maximum Gasteiger partial charge on any atom is 0.326 e.